The summed E-state index contributed by atoms with van der Waals surface area (Å²) in [5.41, 5.74) is -0.286. The molecular formula is C8H8ClN5O2. The summed E-state index contributed by atoms with van der Waals surface area (Å²) in [6.07, 6.45) is 0. The zero-order chi connectivity index (χ0) is 11.5. The molecule has 0 aromatic carbocycles. The van der Waals surface area contributed by atoms with E-state index in [1.165, 1.54) is 12.1 Å². The Kier molecular flexibility index (Phi) is 2.86. The first-order valence-corrected chi connectivity index (χ1v) is 4.89. The molecule has 2 heterocycles. The van der Waals surface area contributed by atoms with Gasteiger partial charge in [-0.1, -0.05) is 5.10 Å². The second kappa shape index (κ2) is 4.31. The van der Waals surface area contributed by atoms with E-state index in [1.54, 1.807) is 6.92 Å². The smallest absolute Gasteiger partial charge is 0.321 e. The molecular weight excluding hydrogens is 234 g/mol. The molecule has 0 aliphatic carbocycles. The number of halogens is 1. The lowest BCUT2D eigenvalue weighted by Crippen LogP contribution is -2.07. The third-order valence-corrected chi connectivity index (χ3v) is 1.88. The van der Waals surface area contributed by atoms with E-state index in [-0.39, 0.29) is 17.0 Å². The van der Waals surface area contributed by atoms with Crippen LogP contribution < -0.4 is 10.9 Å². The zero-order valence-corrected chi connectivity index (χ0v) is 9.02. The standard InChI is InChI=1S/C8H8ClN5O2/c1-4(9)7-13-14-8(16-7)10-5-2-3-6(15)12-11-5/h2-4H,1H3,(H,12,15)(H,10,11,14). The summed E-state index contributed by atoms with van der Waals surface area (Å²) in [5.74, 6) is 0.714. The van der Waals surface area contributed by atoms with Gasteiger partial charge >= 0.3 is 6.01 Å². The van der Waals surface area contributed by atoms with Crippen molar-refractivity contribution in [2.24, 2.45) is 0 Å². The molecule has 2 aromatic rings. The number of hydrogen-bond acceptors (Lipinski definition) is 6. The predicted octanol–water partition coefficient (Wildman–Crippen LogP) is 1.20. The first-order chi connectivity index (χ1) is 7.65. The van der Waals surface area contributed by atoms with E-state index in [0.29, 0.717) is 11.7 Å². The topological polar surface area (TPSA) is 96.7 Å². The second-order valence-corrected chi connectivity index (χ2v) is 3.65. The van der Waals surface area contributed by atoms with E-state index >= 15 is 0 Å². The molecule has 0 spiro atoms. The fourth-order valence-electron chi connectivity index (χ4n) is 0.969. The maximum atomic E-state index is 10.8. The summed E-state index contributed by atoms with van der Waals surface area (Å²) in [5, 5.41) is 15.8. The van der Waals surface area contributed by atoms with Crippen LogP contribution >= 0.6 is 11.6 Å². The van der Waals surface area contributed by atoms with Crippen molar-refractivity contribution < 1.29 is 4.42 Å². The van der Waals surface area contributed by atoms with Gasteiger partial charge in [-0.3, -0.25) is 10.1 Å². The van der Waals surface area contributed by atoms with E-state index in [0.717, 1.165) is 0 Å². The number of rotatable bonds is 3. The molecule has 1 atom stereocenters. The molecule has 2 aromatic heterocycles. The Hall–Kier alpha value is -1.89. The SMILES string of the molecule is CC(Cl)c1nnc(Nc2ccc(=O)[nH]n2)o1. The largest absolute Gasteiger partial charge is 0.406 e. The molecule has 2 rings (SSSR count). The Morgan fingerprint density at radius 1 is 1.50 bits per heavy atom. The van der Waals surface area contributed by atoms with E-state index < -0.39 is 0 Å². The lowest BCUT2D eigenvalue weighted by molar-refractivity contribution is 0.509. The minimum atomic E-state index is -0.355. The summed E-state index contributed by atoms with van der Waals surface area (Å²) in [4.78, 5) is 10.8. The lowest BCUT2D eigenvalue weighted by atomic mass is 10.5. The van der Waals surface area contributed by atoms with Crippen molar-refractivity contribution in [1.82, 2.24) is 20.4 Å². The van der Waals surface area contributed by atoms with Gasteiger partial charge in [0.2, 0.25) is 5.89 Å². The van der Waals surface area contributed by atoms with Gasteiger partial charge in [0.05, 0.1) is 0 Å². The number of nitrogens with zero attached hydrogens (tertiary/aromatic N) is 3. The van der Waals surface area contributed by atoms with Gasteiger partial charge in [-0.05, 0) is 13.0 Å². The molecule has 0 fully saturated rings. The number of hydrogen-bond donors (Lipinski definition) is 2. The molecule has 0 saturated heterocycles. The Morgan fingerprint density at radius 2 is 2.31 bits per heavy atom. The van der Waals surface area contributed by atoms with Crippen molar-refractivity contribution in [1.29, 1.82) is 0 Å². The molecule has 0 radical (unpaired) electrons. The van der Waals surface area contributed by atoms with Crippen LogP contribution in [0.4, 0.5) is 11.8 Å². The summed E-state index contributed by atoms with van der Waals surface area (Å²) in [7, 11) is 0. The molecule has 16 heavy (non-hydrogen) atoms. The van der Waals surface area contributed by atoms with Gasteiger partial charge in [0.25, 0.3) is 5.56 Å². The van der Waals surface area contributed by atoms with Crippen LogP contribution in [0.2, 0.25) is 0 Å². The minimum Gasteiger partial charge on any atom is -0.406 e. The average molecular weight is 242 g/mol. The maximum absolute atomic E-state index is 10.8. The molecule has 0 bridgehead atoms. The van der Waals surface area contributed by atoms with Crippen LogP contribution in [-0.2, 0) is 0 Å². The molecule has 2 N–H and O–H groups in total. The molecule has 84 valence electrons. The Bertz CT molecular complexity index is 515. The first-order valence-electron chi connectivity index (χ1n) is 4.45. The van der Waals surface area contributed by atoms with Crippen LogP contribution in [-0.4, -0.2) is 20.4 Å². The number of H-pyrrole nitrogens is 1. The highest BCUT2D eigenvalue weighted by Gasteiger charge is 2.11. The van der Waals surface area contributed by atoms with Gasteiger partial charge in [-0.25, -0.2) is 5.10 Å². The van der Waals surface area contributed by atoms with Crippen molar-refractivity contribution in [3.8, 4) is 0 Å². The van der Waals surface area contributed by atoms with Gasteiger partial charge in [-0.15, -0.1) is 16.7 Å². The van der Waals surface area contributed by atoms with E-state index in [2.05, 4.69) is 25.7 Å². The van der Waals surface area contributed by atoms with Crippen LogP contribution in [0.25, 0.3) is 0 Å². The van der Waals surface area contributed by atoms with Gasteiger partial charge in [0, 0.05) is 6.07 Å². The zero-order valence-electron chi connectivity index (χ0n) is 8.27. The molecule has 8 heteroatoms. The lowest BCUT2D eigenvalue weighted by Gasteiger charge is -1.97. The van der Waals surface area contributed by atoms with E-state index in [4.69, 9.17) is 16.0 Å². The summed E-state index contributed by atoms with van der Waals surface area (Å²) in [6, 6.07) is 2.99. The molecule has 0 amide bonds. The fraction of sp³-hybridized carbons (Fsp3) is 0.250. The summed E-state index contributed by atoms with van der Waals surface area (Å²) >= 11 is 5.75. The van der Waals surface area contributed by atoms with Crippen LogP contribution in [0.5, 0.6) is 0 Å². The van der Waals surface area contributed by atoms with Crippen LogP contribution in [0, 0.1) is 0 Å². The Balaban J connectivity index is 2.14. The second-order valence-electron chi connectivity index (χ2n) is 2.99. The van der Waals surface area contributed by atoms with Crippen molar-refractivity contribution in [2.45, 2.75) is 12.3 Å². The number of alkyl halides is 1. The van der Waals surface area contributed by atoms with Crippen LogP contribution in [0.3, 0.4) is 0 Å². The number of aromatic nitrogens is 4. The minimum absolute atomic E-state index is 0.169. The predicted molar refractivity (Wildman–Crippen MR) is 56.7 cm³/mol. The molecule has 0 aliphatic heterocycles. The summed E-state index contributed by atoms with van der Waals surface area (Å²) < 4.78 is 5.18. The maximum Gasteiger partial charge on any atom is 0.321 e. The van der Waals surface area contributed by atoms with E-state index in [1.807, 2.05) is 0 Å². The number of aromatic amines is 1. The average Bonchev–Trinajstić information content (AvgIpc) is 2.70. The fourth-order valence-corrected chi connectivity index (χ4v) is 1.06. The monoisotopic (exact) mass is 241 g/mol. The highest BCUT2D eigenvalue weighted by Crippen LogP contribution is 2.20. The van der Waals surface area contributed by atoms with Crippen molar-refractivity contribution in [3.05, 3.63) is 28.4 Å². The number of anilines is 2. The Labute approximate surface area is 94.8 Å². The molecule has 0 saturated carbocycles. The van der Waals surface area contributed by atoms with Gasteiger partial charge in [0.1, 0.15) is 5.38 Å². The molecule has 1 unspecified atom stereocenters. The highest BCUT2D eigenvalue weighted by atomic mass is 35.5. The first kappa shape index (κ1) is 10.6. The van der Waals surface area contributed by atoms with Gasteiger partial charge < -0.3 is 4.42 Å². The normalized spacial score (nSPS) is 12.4. The van der Waals surface area contributed by atoms with Crippen LogP contribution in [0.1, 0.15) is 18.2 Å². The van der Waals surface area contributed by atoms with Crippen molar-refractivity contribution >= 4 is 23.4 Å². The van der Waals surface area contributed by atoms with E-state index in [9.17, 15) is 4.79 Å². The molecule has 7 nitrogen and oxygen atoms in total. The van der Waals surface area contributed by atoms with Crippen molar-refractivity contribution in [2.75, 3.05) is 5.32 Å². The third-order valence-electron chi connectivity index (χ3n) is 1.70. The molecule has 0 aliphatic rings. The number of nitrogens with one attached hydrogen (secondary N) is 2. The van der Waals surface area contributed by atoms with Gasteiger partial charge in [0.15, 0.2) is 5.82 Å². The highest BCUT2D eigenvalue weighted by molar-refractivity contribution is 6.20. The van der Waals surface area contributed by atoms with Gasteiger partial charge in [-0.2, -0.15) is 5.10 Å². The van der Waals surface area contributed by atoms with Crippen molar-refractivity contribution in [3.63, 3.8) is 0 Å². The quantitative estimate of drug-likeness (QED) is 0.784. The van der Waals surface area contributed by atoms with Crippen LogP contribution in [0.15, 0.2) is 21.3 Å². The Morgan fingerprint density at radius 3 is 2.88 bits per heavy atom. The third kappa shape index (κ3) is 2.37. The summed E-state index contributed by atoms with van der Waals surface area (Å²) in [6.45, 7) is 1.72.